The molecule has 3 rings (SSSR count). The molecule has 2 N–H and O–H groups in total. The predicted octanol–water partition coefficient (Wildman–Crippen LogP) is 2.68. The minimum Gasteiger partial charge on any atom is -0.488 e. The van der Waals surface area contributed by atoms with Gasteiger partial charge < -0.3 is 15.4 Å². The van der Waals surface area contributed by atoms with Crippen molar-refractivity contribution in [3.05, 3.63) is 58.9 Å². The lowest BCUT2D eigenvalue weighted by Crippen LogP contribution is -2.45. The van der Waals surface area contributed by atoms with Crippen LogP contribution in [0.2, 0.25) is 0 Å². The minimum absolute atomic E-state index is 0.106. The van der Waals surface area contributed by atoms with Gasteiger partial charge in [-0.15, -0.1) is 0 Å². The van der Waals surface area contributed by atoms with Crippen molar-refractivity contribution in [3.8, 4) is 5.75 Å². The third kappa shape index (κ3) is 4.84. The fraction of sp³-hybridized carbons (Fsp3) is 0.381. The molecule has 1 saturated heterocycles. The van der Waals surface area contributed by atoms with Crippen LogP contribution in [0.1, 0.15) is 46.3 Å². The zero-order chi connectivity index (χ0) is 19.2. The lowest BCUT2D eigenvalue weighted by Gasteiger charge is -2.17. The van der Waals surface area contributed by atoms with Gasteiger partial charge in [0, 0.05) is 30.1 Å². The van der Waals surface area contributed by atoms with Gasteiger partial charge in [-0.2, -0.15) is 0 Å². The Morgan fingerprint density at radius 1 is 1.30 bits per heavy atom. The standard InChI is InChI=1S/C21H25N3O3/c1-14-10-17(20(25)24-18-7-3-4-9-23-21(18)26)11-15(2)19(14)27-13-16-6-5-8-22-12-16/h5-6,8,10-12,18H,3-4,7,9,13H2,1-2H3,(H,23,26)(H,24,25). The number of hydrogen-bond acceptors (Lipinski definition) is 4. The number of hydrogen-bond donors (Lipinski definition) is 2. The van der Waals surface area contributed by atoms with E-state index in [-0.39, 0.29) is 11.8 Å². The van der Waals surface area contributed by atoms with Crippen LogP contribution in [0.5, 0.6) is 5.75 Å². The van der Waals surface area contributed by atoms with E-state index in [0.717, 1.165) is 35.3 Å². The summed E-state index contributed by atoms with van der Waals surface area (Å²) in [5.74, 6) is 0.426. The SMILES string of the molecule is Cc1cc(C(=O)NC2CCCCNC2=O)cc(C)c1OCc1cccnc1. The monoisotopic (exact) mass is 367 g/mol. The molecule has 1 unspecified atom stereocenters. The second-order valence-corrected chi connectivity index (χ2v) is 6.90. The molecule has 2 aromatic rings. The number of ether oxygens (including phenoxy) is 1. The van der Waals surface area contributed by atoms with Crippen LogP contribution >= 0.6 is 0 Å². The van der Waals surface area contributed by atoms with Crippen molar-refractivity contribution in [2.24, 2.45) is 0 Å². The smallest absolute Gasteiger partial charge is 0.251 e. The van der Waals surface area contributed by atoms with Gasteiger partial charge in [0.1, 0.15) is 18.4 Å². The summed E-state index contributed by atoms with van der Waals surface area (Å²) in [7, 11) is 0. The molecular formula is C21H25N3O3. The summed E-state index contributed by atoms with van der Waals surface area (Å²) in [4.78, 5) is 28.7. The third-order valence-electron chi connectivity index (χ3n) is 4.67. The van der Waals surface area contributed by atoms with Gasteiger partial charge in [0.15, 0.2) is 0 Å². The fourth-order valence-corrected chi connectivity index (χ4v) is 3.27. The summed E-state index contributed by atoms with van der Waals surface area (Å²) < 4.78 is 5.94. The van der Waals surface area contributed by atoms with Gasteiger partial charge in [0.25, 0.3) is 5.91 Å². The summed E-state index contributed by atoms with van der Waals surface area (Å²) in [6.07, 6.45) is 6.02. The van der Waals surface area contributed by atoms with E-state index in [1.807, 2.05) is 26.0 Å². The van der Waals surface area contributed by atoms with Gasteiger partial charge in [-0.3, -0.25) is 14.6 Å². The molecule has 2 amide bonds. The highest BCUT2D eigenvalue weighted by Crippen LogP contribution is 2.26. The summed E-state index contributed by atoms with van der Waals surface area (Å²) >= 11 is 0. The topological polar surface area (TPSA) is 80.3 Å². The number of nitrogens with one attached hydrogen (secondary N) is 2. The number of carbonyl (C=O) groups excluding carboxylic acids is 2. The van der Waals surface area contributed by atoms with E-state index in [4.69, 9.17) is 4.74 Å². The fourth-order valence-electron chi connectivity index (χ4n) is 3.27. The number of aromatic nitrogens is 1. The Bertz CT molecular complexity index is 798. The van der Waals surface area contributed by atoms with E-state index in [0.29, 0.717) is 25.1 Å². The lowest BCUT2D eigenvalue weighted by molar-refractivity contribution is -0.122. The van der Waals surface area contributed by atoms with Crippen LogP contribution in [-0.4, -0.2) is 29.4 Å². The first-order valence-corrected chi connectivity index (χ1v) is 9.26. The number of benzene rings is 1. The van der Waals surface area contributed by atoms with Crippen molar-refractivity contribution in [1.29, 1.82) is 0 Å². The first-order valence-electron chi connectivity index (χ1n) is 9.26. The average Bonchev–Trinajstić information content (AvgIpc) is 2.86. The highest BCUT2D eigenvalue weighted by Gasteiger charge is 2.23. The molecule has 27 heavy (non-hydrogen) atoms. The van der Waals surface area contributed by atoms with Crippen molar-refractivity contribution in [2.45, 2.75) is 45.8 Å². The van der Waals surface area contributed by atoms with E-state index >= 15 is 0 Å². The molecule has 1 aliphatic heterocycles. The zero-order valence-electron chi connectivity index (χ0n) is 15.7. The molecule has 0 radical (unpaired) electrons. The number of aryl methyl sites for hydroxylation is 2. The van der Waals surface area contributed by atoms with Crippen molar-refractivity contribution in [3.63, 3.8) is 0 Å². The van der Waals surface area contributed by atoms with Crippen LogP contribution in [0.15, 0.2) is 36.7 Å². The van der Waals surface area contributed by atoms with Gasteiger partial charge in [-0.05, 0) is 62.4 Å². The van der Waals surface area contributed by atoms with Crippen molar-refractivity contribution in [2.75, 3.05) is 6.54 Å². The summed E-state index contributed by atoms with van der Waals surface area (Å²) in [5.41, 5.74) is 3.29. The Morgan fingerprint density at radius 3 is 2.78 bits per heavy atom. The zero-order valence-corrected chi connectivity index (χ0v) is 15.7. The van der Waals surface area contributed by atoms with E-state index in [1.165, 1.54) is 0 Å². The first-order chi connectivity index (χ1) is 13.0. The second-order valence-electron chi connectivity index (χ2n) is 6.90. The number of carbonyl (C=O) groups is 2. The van der Waals surface area contributed by atoms with Crippen LogP contribution < -0.4 is 15.4 Å². The van der Waals surface area contributed by atoms with Crippen molar-refractivity contribution in [1.82, 2.24) is 15.6 Å². The normalized spacial score (nSPS) is 17.0. The average molecular weight is 367 g/mol. The number of nitrogens with zero attached hydrogens (tertiary/aromatic N) is 1. The molecule has 0 aliphatic carbocycles. The molecular weight excluding hydrogens is 342 g/mol. The summed E-state index contributed by atoms with van der Waals surface area (Å²) in [5, 5.41) is 5.69. The summed E-state index contributed by atoms with van der Waals surface area (Å²) in [6, 6.07) is 6.96. The minimum atomic E-state index is -0.470. The van der Waals surface area contributed by atoms with Gasteiger partial charge in [-0.25, -0.2) is 0 Å². The molecule has 6 nitrogen and oxygen atoms in total. The maximum atomic E-state index is 12.6. The largest absolute Gasteiger partial charge is 0.488 e. The molecule has 1 atom stereocenters. The Kier molecular flexibility index (Phi) is 6.06. The number of pyridine rings is 1. The highest BCUT2D eigenvalue weighted by molar-refractivity contribution is 5.98. The summed E-state index contributed by atoms with van der Waals surface area (Å²) in [6.45, 7) is 4.93. The Hall–Kier alpha value is -2.89. The number of rotatable bonds is 5. The second kappa shape index (κ2) is 8.66. The first kappa shape index (κ1) is 18.9. The molecule has 1 aromatic carbocycles. The number of amides is 2. The van der Waals surface area contributed by atoms with Gasteiger partial charge in [0.2, 0.25) is 5.91 Å². The lowest BCUT2D eigenvalue weighted by atomic mass is 10.0. The van der Waals surface area contributed by atoms with Crippen molar-refractivity contribution < 1.29 is 14.3 Å². The van der Waals surface area contributed by atoms with E-state index in [9.17, 15) is 9.59 Å². The Morgan fingerprint density at radius 2 is 2.07 bits per heavy atom. The van der Waals surface area contributed by atoms with Crippen LogP contribution in [0.3, 0.4) is 0 Å². The molecule has 0 spiro atoms. The molecule has 1 aliphatic rings. The van der Waals surface area contributed by atoms with Gasteiger partial charge in [0.05, 0.1) is 0 Å². The molecule has 0 saturated carbocycles. The molecule has 1 aromatic heterocycles. The van der Waals surface area contributed by atoms with Gasteiger partial charge in [-0.1, -0.05) is 6.07 Å². The van der Waals surface area contributed by atoms with E-state index in [1.54, 1.807) is 24.5 Å². The van der Waals surface area contributed by atoms with E-state index < -0.39 is 6.04 Å². The van der Waals surface area contributed by atoms with Crippen LogP contribution in [0.4, 0.5) is 0 Å². The molecule has 0 bridgehead atoms. The molecule has 142 valence electrons. The Balaban J connectivity index is 1.69. The molecule has 6 heteroatoms. The predicted molar refractivity (Wildman–Crippen MR) is 103 cm³/mol. The van der Waals surface area contributed by atoms with E-state index in [2.05, 4.69) is 15.6 Å². The maximum absolute atomic E-state index is 12.6. The van der Waals surface area contributed by atoms with Crippen LogP contribution in [-0.2, 0) is 11.4 Å². The Labute approximate surface area is 159 Å². The molecule has 1 fully saturated rings. The third-order valence-corrected chi connectivity index (χ3v) is 4.67. The van der Waals surface area contributed by atoms with Gasteiger partial charge >= 0.3 is 0 Å². The van der Waals surface area contributed by atoms with Crippen LogP contribution in [0.25, 0.3) is 0 Å². The van der Waals surface area contributed by atoms with Crippen LogP contribution in [0, 0.1) is 13.8 Å². The maximum Gasteiger partial charge on any atom is 0.251 e. The highest BCUT2D eigenvalue weighted by atomic mass is 16.5. The molecule has 2 heterocycles. The quantitative estimate of drug-likeness (QED) is 0.851. The van der Waals surface area contributed by atoms with Crippen molar-refractivity contribution >= 4 is 11.8 Å².